The van der Waals surface area contributed by atoms with Crippen LogP contribution >= 0.6 is 0 Å². The van der Waals surface area contributed by atoms with E-state index in [1.165, 1.54) is 4.31 Å². The molecular formula is C27H28N8O3S. The molecule has 4 heterocycles. The third-order valence-corrected chi connectivity index (χ3v) is 8.31. The van der Waals surface area contributed by atoms with Crippen LogP contribution in [0.2, 0.25) is 0 Å². The topological polar surface area (TPSA) is 154 Å². The summed E-state index contributed by atoms with van der Waals surface area (Å²) in [7, 11) is -3.77. The molecule has 1 saturated heterocycles. The van der Waals surface area contributed by atoms with Crippen LogP contribution < -0.4 is 16.2 Å². The number of carbonyl (C=O) groups excluding carboxylic acids is 1. The van der Waals surface area contributed by atoms with Crippen molar-refractivity contribution in [2.45, 2.75) is 25.8 Å². The summed E-state index contributed by atoms with van der Waals surface area (Å²) in [6.45, 7) is 3.11. The first-order valence-corrected chi connectivity index (χ1v) is 14.1. The maximum Gasteiger partial charge on any atom is 0.276 e. The Labute approximate surface area is 225 Å². The minimum Gasteiger partial charge on any atom is -0.366 e. The van der Waals surface area contributed by atoms with E-state index >= 15 is 0 Å². The number of aryl methyl sites for hydroxylation is 1. The smallest absolute Gasteiger partial charge is 0.276 e. The van der Waals surface area contributed by atoms with Gasteiger partial charge in [0, 0.05) is 47.9 Å². The van der Waals surface area contributed by atoms with Crippen molar-refractivity contribution in [2.75, 3.05) is 18.4 Å². The van der Waals surface area contributed by atoms with Gasteiger partial charge < -0.3 is 11.1 Å². The summed E-state index contributed by atoms with van der Waals surface area (Å²) in [4.78, 5) is 17.0. The van der Waals surface area contributed by atoms with Gasteiger partial charge in [-0.15, -0.1) is 5.10 Å². The van der Waals surface area contributed by atoms with E-state index in [0.717, 1.165) is 33.4 Å². The average Bonchev–Trinajstić information content (AvgIpc) is 3.63. The lowest BCUT2D eigenvalue weighted by Crippen LogP contribution is -2.34. The van der Waals surface area contributed by atoms with E-state index in [0.29, 0.717) is 36.8 Å². The Morgan fingerprint density at radius 1 is 1.08 bits per heavy atom. The van der Waals surface area contributed by atoms with Gasteiger partial charge >= 0.3 is 0 Å². The Balaban J connectivity index is 1.50. The molecule has 6 rings (SSSR count). The molecule has 5 aromatic rings. The van der Waals surface area contributed by atoms with Gasteiger partial charge in [0.2, 0.25) is 5.91 Å². The molecule has 200 valence electrons. The van der Waals surface area contributed by atoms with Gasteiger partial charge in [-0.05, 0) is 49.2 Å². The van der Waals surface area contributed by atoms with E-state index in [9.17, 15) is 13.2 Å². The number of aromatic nitrogens is 4. The van der Waals surface area contributed by atoms with Crippen molar-refractivity contribution in [1.29, 1.82) is 0 Å². The fourth-order valence-corrected chi connectivity index (χ4v) is 6.11. The lowest BCUT2D eigenvalue weighted by atomic mass is 10.1. The van der Waals surface area contributed by atoms with E-state index in [-0.39, 0.29) is 12.5 Å². The molecule has 1 fully saturated rings. The van der Waals surface area contributed by atoms with Crippen molar-refractivity contribution in [2.24, 2.45) is 10.9 Å². The molecule has 0 spiro atoms. The number of carbonyl (C=O) groups is 1. The second-order valence-corrected chi connectivity index (χ2v) is 11.3. The second kappa shape index (κ2) is 9.49. The highest BCUT2D eigenvalue weighted by molar-refractivity contribution is 7.86. The molecule has 0 radical (unpaired) electrons. The first-order chi connectivity index (χ1) is 18.7. The number of hydrogen-bond donors (Lipinski definition) is 3. The highest BCUT2D eigenvalue weighted by Gasteiger charge is 2.32. The number of anilines is 1. The molecule has 11 nitrogen and oxygen atoms in total. The van der Waals surface area contributed by atoms with E-state index in [1.807, 2.05) is 70.6 Å². The van der Waals surface area contributed by atoms with Crippen LogP contribution in [0.5, 0.6) is 0 Å². The largest absolute Gasteiger partial charge is 0.366 e. The second-order valence-electron chi connectivity index (χ2n) is 9.77. The molecule has 1 amide bonds. The van der Waals surface area contributed by atoms with Crippen LogP contribution in [-0.4, -0.2) is 50.9 Å². The van der Waals surface area contributed by atoms with Gasteiger partial charge in [0.15, 0.2) is 5.82 Å². The van der Waals surface area contributed by atoms with Crippen molar-refractivity contribution >= 4 is 38.4 Å². The van der Waals surface area contributed by atoms with Crippen LogP contribution in [0.4, 0.5) is 5.82 Å². The van der Waals surface area contributed by atoms with Gasteiger partial charge in [-0.2, -0.15) is 17.7 Å². The molecule has 1 atom stereocenters. The molecule has 0 aliphatic carbocycles. The molecule has 0 bridgehead atoms. The molecule has 12 heteroatoms. The van der Waals surface area contributed by atoms with Gasteiger partial charge in [0.05, 0.1) is 5.52 Å². The number of fused-ring (bicyclic) bond motifs is 2. The molecular weight excluding hydrogens is 516 g/mol. The van der Waals surface area contributed by atoms with Crippen LogP contribution in [-0.2, 0) is 16.8 Å². The minimum absolute atomic E-state index is 0.0838. The number of nitrogens with zero attached hydrogens (tertiary/aromatic N) is 5. The molecule has 2 aromatic carbocycles. The summed E-state index contributed by atoms with van der Waals surface area (Å²) in [6.07, 6.45) is 0.627. The number of amides is 1. The number of nitrogens with two attached hydrogens (primary N) is 2. The summed E-state index contributed by atoms with van der Waals surface area (Å²) in [5.74, 6) is 0.446. The SMILES string of the molecule is Cc1cc2c(C(N)=O)cccc2n1-c1nc(NCc2ccccc2)c2ccc(C3CCN(S(N)(=O)=O)C3)n2n1. The van der Waals surface area contributed by atoms with Gasteiger partial charge in [0.1, 0.15) is 5.52 Å². The number of hydrogen-bond acceptors (Lipinski definition) is 6. The molecule has 3 aromatic heterocycles. The molecule has 0 saturated carbocycles. The van der Waals surface area contributed by atoms with Crippen molar-refractivity contribution in [1.82, 2.24) is 23.5 Å². The number of primary amides is 1. The third kappa shape index (κ3) is 4.52. The van der Waals surface area contributed by atoms with Crippen LogP contribution in [0, 0.1) is 6.92 Å². The fraction of sp³-hybridized carbons (Fsp3) is 0.222. The van der Waals surface area contributed by atoms with Gasteiger partial charge in [0.25, 0.3) is 16.2 Å². The Morgan fingerprint density at radius 2 is 1.87 bits per heavy atom. The molecule has 1 aliphatic heterocycles. The van der Waals surface area contributed by atoms with E-state index in [4.69, 9.17) is 21.0 Å². The zero-order chi connectivity index (χ0) is 27.3. The van der Waals surface area contributed by atoms with Gasteiger partial charge in [-0.1, -0.05) is 36.4 Å². The zero-order valence-corrected chi connectivity index (χ0v) is 22.1. The number of rotatable bonds is 7. The molecule has 1 unspecified atom stereocenters. The van der Waals surface area contributed by atoms with Gasteiger partial charge in [-0.3, -0.25) is 9.36 Å². The first kappa shape index (κ1) is 25.0. The summed E-state index contributed by atoms with van der Waals surface area (Å²) in [5.41, 5.74) is 10.4. The summed E-state index contributed by atoms with van der Waals surface area (Å²) < 4.78 is 28.9. The van der Waals surface area contributed by atoms with Crippen LogP contribution in [0.15, 0.2) is 66.7 Å². The van der Waals surface area contributed by atoms with Crippen LogP contribution in [0.3, 0.4) is 0 Å². The highest BCUT2D eigenvalue weighted by Crippen LogP contribution is 2.32. The maximum atomic E-state index is 12.1. The van der Waals surface area contributed by atoms with Crippen molar-refractivity contribution < 1.29 is 13.2 Å². The van der Waals surface area contributed by atoms with Crippen molar-refractivity contribution in [3.8, 4) is 5.95 Å². The van der Waals surface area contributed by atoms with E-state index < -0.39 is 16.1 Å². The van der Waals surface area contributed by atoms with Crippen LogP contribution in [0.1, 0.15) is 39.6 Å². The van der Waals surface area contributed by atoms with Crippen LogP contribution in [0.25, 0.3) is 22.4 Å². The van der Waals surface area contributed by atoms with E-state index in [2.05, 4.69) is 5.32 Å². The molecule has 5 N–H and O–H groups in total. The average molecular weight is 545 g/mol. The number of benzene rings is 2. The van der Waals surface area contributed by atoms with Gasteiger partial charge in [-0.25, -0.2) is 9.65 Å². The molecule has 39 heavy (non-hydrogen) atoms. The number of nitrogens with one attached hydrogen (secondary N) is 1. The Morgan fingerprint density at radius 3 is 2.59 bits per heavy atom. The predicted octanol–water partition coefficient (Wildman–Crippen LogP) is 2.69. The normalized spacial score (nSPS) is 16.3. The lowest BCUT2D eigenvalue weighted by Gasteiger charge is -2.16. The van der Waals surface area contributed by atoms with Crippen molar-refractivity contribution in [3.63, 3.8) is 0 Å². The highest BCUT2D eigenvalue weighted by atomic mass is 32.2. The molecule has 1 aliphatic rings. The maximum absolute atomic E-state index is 12.1. The fourth-order valence-electron chi connectivity index (χ4n) is 5.36. The Kier molecular flexibility index (Phi) is 6.09. The quantitative estimate of drug-likeness (QED) is 0.286. The summed E-state index contributed by atoms with van der Waals surface area (Å²) >= 11 is 0. The lowest BCUT2D eigenvalue weighted by molar-refractivity contribution is 0.100. The third-order valence-electron chi connectivity index (χ3n) is 7.26. The zero-order valence-electron chi connectivity index (χ0n) is 21.3. The monoisotopic (exact) mass is 544 g/mol. The minimum atomic E-state index is -3.77. The Hall–Kier alpha value is -4.26. The summed E-state index contributed by atoms with van der Waals surface area (Å²) in [6, 6.07) is 21.2. The van der Waals surface area contributed by atoms with Crippen molar-refractivity contribution in [3.05, 3.63) is 89.2 Å². The first-order valence-electron chi connectivity index (χ1n) is 12.6. The standard InChI is InChI=1S/C27H28N8O3S/c1-17-14-21-20(25(28)36)8-5-9-23(21)34(17)27-31-26(30-15-18-6-3-2-4-7-18)24-11-10-22(35(24)32-27)19-12-13-33(16-19)39(29,37)38/h2-11,14,19H,12-13,15-16H2,1H3,(H2,28,36)(H2,29,37,38)(H,30,31,32). The van der Waals surface area contributed by atoms with E-state index in [1.54, 1.807) is 12.1 Å². The predicted molar refractivity (Wildman–Crippen MR) is 149 cm³/mol. The summed E-state index contributed by atoms with van der Waals surface area (Å²) in [5, 5.41) is 14.5. The Bertz CT molecular complexity index is 1830.